The molecular weight excluding hydrogens is 439 g/mol. The third-order valence-electron chi connectivity index (χ3n) is 4.40. The van der Waals surface area contributed by atoms with Gasteiger partial charge < -0.3 is 10.1 Å². The number of hydrogen-bond acceptors (Lipinski definition) is 6. The number of halogens is 1. The third kappa shape index (κ3) is 5.99. The van der Waals surface area contributed by atoms with Crippen molar-refractivity contribution in [3.63, 3.8) is 0 Å². The molecule has 1 heterocycles. The first-order valence-corrected chi connectivity index (χ1v) is 10.6. The smallest absolute Gasteiger partial charge is 0.337 e. The number of benzene rings is 2. The van der Waals surface area contributed by atoms with Crippen LogP contribution < -0.4 is 5.32 Å². The maximum absolute atomic E-state index is 13.2. The molecule has 1 aliphatic heterocycles. The van der Waals surface area contributed by atoms with Gasteiger partial charge in [-0.1, -0.05) is 42.2 Å². The van der Waals surface area contributed by atoms with E-state index in [0.717, 1.165) is 5.56 Å². The van der Waals surface area contributed by atoms with Gasteiger partial charge in [-0.3, -0.25) is 14.5 Å². The lowest BCUT2D eigenvalue weighted by Gasteiger charge is -2.14. The predicted molar refractivity (Wildman–Crippen MR) is 122 cm³/mol. The van der Waals surface area contributed by atoms with Crippen LogP contribution in [0.2, 0.25) is 0 Å². The molecule has 9 heteroatoms. The summed E-state index contributed by atoms with van der Waals surface area (Å²) >= 11 is 6.49. The normalized spacial score (nSPS) is 14.8. The van der Waals surface area contributed by atoms with Crippen molar-refractivity contribution in [1.29, 1.82) is 0 Å². The summed E-state index contributed by atoms with van der Waals surface area (Å²) < 4.78 is 18.3. The van der Waals surface area contributed by atoms with Crippen molar-refractivity contribution in [3.05, 3.63) is 70.4 Å². The van der Waals surface area contributed by atoms with E-state index in [1.165, 1.54) is 42.0 Å². The number of amides is 2. The molecule has 31 heavy (non-hydrogen) atoms. The first kappa shape index (κ1) is 22.6. The Kier molecular flexibility index (Phi) is 7.54. The van der Waals surface area contributed by atoms with E-state index in [1.54, 1.807) is 36.4 Å². The summed E-state index contributed by atoms with van der Waals surface area (Å²) in [4.78, 5) is 38.2. The van der Waals surface area contributed by atoms with Crippen molar-refractivity contribution in [2.75, 3.05) is 19.0 Å². The van der Waals surface area contributed by atoms with Crippen LogP contribution in [0, 0.1) is 5.82 Å². The summed E-state index contributed by atoms with van der Waals surface area (Å²) in [5.41, 5.74) is 1.56. The minimum Gasteiger partial charge on any atom is -0.465 e. The fourth-order valence-electron chi connectivity index (χ4n) is 2.86. The Hall–Kier alpha value is -3.04. The molecule has 2 amide bonds. The van der Waals surface area contributed by atoms with Crippen LogP contribution in [0.15, 0.2) is 53.4 Å². The molecule has 0 aromatic heterocycles. The Labute approximate surface area is 188 Å². The second-order valence-electron chi connectivity index (χ2n) is 6.61. The fourth-order valence-corrected chi connectivity index (χ4v) is 4.17. The van der Waals surface area contributed by atoms with E-state index in [-0.39, 0.29) is 18.2 Å². The molecule has 0 aliphatic carbocycles. The molecule has 6 nitrogen and oxygen atoms in total. The molecule has 3 rings (SSSR count). The van der Waals surface area contributed by atoms with Gasteiger partial charge >= 0.3 is 5.97 Å². The summed E-state index contributed by atoms with van der Waals surface area (Å²) in [6.45, 7) is 0.305. The van der Waals surface area contributed by atoms with Crippen molar-refractivity contribution in [2.24, 2.45) is 0 Å². The lowest BCUT2D eigenvalue weighted by Crippen LogP contribution is -2.29. The number of nitrogens with zero attached hydrogens (tertiary/aromatic N) is 1. The van der Waals surface area contributed by atoms with Crippen molar-refractivity contribution in [1.82, 2.24) is 4.90 Å². The first-order chi connectivity index (χ1) is 14.9. The van der Waals surface area contributed by atoms with Crippen molar-refractivity contribution in [3.8, 4) is 0 Å². The Morgan fingerprint density at radius 3 is 2.65 bits per heavy atom. The Bertz CT molecular complexity index is 1050. The summed E-state index contributed by atoms with van der Waals surface area (Å²) in [5, 5.41) is 2.62. The number of rotatable bonds is 7. The number of anilines is 1. The lowest BCUT2D eigenvalue weighted by atomic mass is 10.1. The SMILES string of the molecule is COC(=O)c1ccc(/C=C2\SC(=S)N(CCCC(=O)Nc3cccc(F)c3)C2=O)cc1. The molecule has 0 atom stereocenters. The zero-order chi connectivity index (χ0) is 22.4. The number of thiocarbonyl (C=S) groups is 1. The number of carbonyl (C=O) groups excluding carboxylic acids is 3. The number of thioether (sulfide) groups is 1. The van der Waals surface area contributed by atoms with Gasteiger partial charge in [-0.2, -0.15) is 0 Å². The monoisotopic (exact) mass is 458 g/mol. The number of methoxy groups -OCH3 is 1. The minimum atomic E-state index is -0.431. The van der Waals surface area contributed by atoms with Crippen molar-refractivity contribution < 1.29 is 23.5 Å². The van der Waals surface area contributed by atoms with Gasteiger partial charge in [0.25, 0.3) is 5.91 Å². The molecular formula is C22H19FN2O4S2. The highest BCUT2D eigenvalue weighted by molar-refractivity contribution is 8.26. The topological polar surface area (TPSA) is 75.7 Å². The van der Waals surface area contributed by atoms with E-state index >= 15 is 0 Å². The molecule has 0 saturated carbocycles. The highest BCUT2D eigenvalue weighted by Crippen LogP contribution is 2.32. The summed E-state index contributed by atoms with van der Waals surface area (Å²) in [7, 11) is 1.31. The molecule has 0 radical (unpaired) electrons. The first-order valence-electron chi connectivity index (χ1n) is 9.36. The average Bonchev–Trinajstić information content (AvgIpc) is 3.01. The number of hydrogen-bond donors (Lipinski definition) is 1. The van der Waals surface area contributed by atoms with Gasteiger partial charge in [-0.15, -0.1) is 0 Å². The molecule has 2 aromatic carbocycles. The van der Waals surface area contributed by atoms with Crippen LogP contribution in [-0.4, -0.2) is 40.7 Å². The highest BCUT2D eigenvalue weighted by Gasteiger charge is 2.31. The van der Waals surface area contributed by atoms with E-state index in [4.69, 9.17) is 12.2 Å². The largest absolute Gasteiger partial charge is 0.465 e. The maximum atomic E-state index is 13.2. The van der Waals surface area contributed by atoms with Crippen LogP contribution in [0.5, 0.6) is 0 Å². The highest BCUT2D eigenvalue weighted by atomic mass is 32.2. The van der Waals surface area contributed by atoms with Gasteiger partial charge in [-0.05, 0) is 48.4 Å². The molecule has 1 N–H and O–H groups in total. The van der Waals surface area contributed by atoms with Crippen molar-refractivity contribution >= 4 is 57.8 Å². The maximum Gasteiger partial charge on any atom is 0.337 e. The third-order valence-corrected chi connectivity index (χ3v) is 5.77. The van der Waals surface area contributed by atoms with Gasteiger partial charge in [0.15, 0.2) is 0 Å². The van der Waals surface area contributed by atoms with Gasteiger partial charge in [0, 0.05) is 18.7 Å². The van der Waals surface area contributed by atoms with E-state index in [1.807, 2.05) is 0 Å². The standard InChI is InChI=1S/C22H19FN2O4S2/c1-29-21(28)15-9-7-14(8-10-15)12-18-20(27)25(22(30)31-18)11-3-6-19(26)24-17-5-2-4-16(23)13-17/h2,4-5,7-10,12-13H,3,6,11H2,1H3,(H,24,26)/b18-12-. The molecule has 0 bridgehead atoms. The van der Waals surface area contributed by atoms with Crippen LogP contribution in [-0.2, 0) is 14.3 Å². The summed E-state index contributed by atoms with van der Waals surface area (Å²) in [6, 6.07) is 12.3. The minimum absolute atomic E-state index is 0.168. The second kappa shape index (κ2) is 10.3. The molecule has 0 spiro atoms. The molecule has 1 fully saturated rings. The van der Waals surface area contributed by atoms with E-state index < -0.39 is 11.8 Å². The van der Waals surface area contributed by atoms with Crippen LogP contribution in [0.25, 0.3) is 6.08 Å². The average molecular weight is 459 g/mol. The van der Waals surface area contributed by atoms with Crippen molar-refractivity contribution in [2.45, 2.75) is 12.8 Å². The molecule has 160 valence electrons. The van der Waals surface area contributed by atoms with Gasteiger partial charge in [0.2, 0.25) is 5.91 Å². The molecule has 1 saturated heterocycles. The van der Waals surface area contributed by atoms with Gasteiger partial charge in [0.05, 0.1) is 17.6 Å². The van der Waals surface area contributed by atoms with Crippen LogP contribution >= 0.6 is 24.0 Å². The lowest BCUT2D eigenvalue weighted by molar-refractivity contribution is -0.122. The quantitative estimate of drug-likeness (QED) is 0.380. The Morgan fingerprint density at radius 2 is 1.97 bits per heavy atom. The summed E-state index contributed by atoms with van der Waals surface area (Å²) in [5.74, 6) is -1.35. The van der Waals surface area contributed by atoms with Gasteiger partial charge in [0.1, 0.15) is 10.1 Å². The van der Waals surface area contributed by atoms with Crippen LogP contribution in [0.1, 0.15) is 28.8 Å². The molecule has 0 unspecified atom stereocenters. The zero-order valence-electron chi connectivity index (χ0n) is 16.6. The van der Waals surface area contributed by atoms with Crippen LogP contribution in [0.3, 0.4) is 0 Å². The second-order valence-corrected chi connectivity index (χ2v) is 8.28. The predicted octanol–water partition coefficient (Wildman–Crippen LogP) is 4.23. The molecule has 2 aromatic rings. The fraction of sp³-hybridized carbons (Fsp3) is 0.182. The number of esters is 1. The Balaban J connectivity index is 1.54. The number of carbonyl (C=O) groups is 3. The van der Waals surface area contributed by atoms with Gasteiger partial charge in [-0.25, -0.2) is 9.18 Å². The van der Waals surface area contributed by atoms with Crippen LogP contribution in [0.4, 0.5) is 10.1 Å². The number of ether oxygens (including phenoxy) is 1. The summed E-state index contributed by atoms with van der Waals surface area (Å²) in [6.07, 6.45) is 2.29. The van der Waals surface area contributed by atoms with E-state index in [2.05, 4.69) is 10.1 Å². The van der Waals surface area contributed by atoms with E-state index in [0.29, 0.717) is 33.4 Å². The number of nitrogens with one attached hydrogen (secondary N) is 1. The van der Waals surface area contributed by atoms with E-state index in [9.17, 15) is 18.8 Å². The zero-order valence-corrected chi connectivity index (χ0v) is 18.2. The molecule has 1 aliphatic rings. The Morgan fingerprint density at radius 1 is 1.23 bits per heavy atom.